The van der Waals surface area contributed by atoms with Crippen LogP contribution in [0.5, 0.6) is 0 Å². The Hall–Kier alpha value is -2.20. The van der Waals surface area contributed by atoms with E-state index in [9.17, 15) is 4.79 Å². The molecule has 2 heterocycles. The van der Waals surface area contributed by atoms with Crippen molar-refractivity contribution in [3.8, 4) is 6.07 Å². The molecule has 0 spiro atoms. The molecule has 0 aromatic carbocycles. The number of aromatic nitrogens is 2. The van der Waals surface area contributed by atoms with Crippen molar-refractivity contribution in [1.82, 2.24) is 14.9 Å². The SMILES string of the molecule is Cc1nc(C(CCCC2CCN(C)CC2)COC(N)=O)ncc1C#N. The van der Waals surface area contributed by atoms with Crippen LogP contribution in [-0.4, -0.2) is 47.7 Å². The number of aryl methyl sites for hydroxylation is 1. The summed E-state index contributed by atoms with van der Waals surface area (Å²) in [7, 11) is 2.16. The Kier molecular flexibility index (Phi) is 7.14. The zero-order valence-electron chi connectivity index (χ0n) is 15.1. The van der Waals surface area contributed by atoms with E-state index in [0.29, 0.717) is 17.1 Å². The van der Waals surface area contributed by atoms with Gasteiger partial charge in [-0.2, -0.15) is 5.26 Å². The predicted molar refractivity (Wildman–Crippen MR) is 93.8 cm³/mol. The number of hydrogen-bond donors (Lipinski definition) is 1. The fourth-order valence-electron chi connectivity index (χ4n) is 3.26. The van der Waals surface area contributed by atoms with Crippen LogP contribution in [-0.2, 0) is 4.74 Å². The molecule has 1 aromatic heterocycles. The van der Waals surface area contributed by atoms with Gasteiger partial charge in [-0.1, -0.05) is 12.8 Å². The highest BCUT2D eigenvalue weighted by molar-refractivity contribution is 5.64. The van der Waals surface area contributed by atoms with Crippen molar-refractivity contribution in [2.75, 3.05) is 26.7 Å². The smallest absolute Gasteiger partial charge is 0.404 e. The van der Waals surface area contributed by atoms with E-state index in [-0.39, 0.29) is 12.5 Å². The first kappa shape index (κ1) is 19.1. The molecule has 1 saturated heterocycles. The average molecular weight is 345 g/mol. The molecule has 0 bridgehead atoms. The van der Waals surface area contributed by atoms with E-state index in [2.05, 4.69) is 28.0 Å². The van der Waals surface area contributed by atoms with Crippen LogP contribution in [0.3, 0.4) is 0 Å². The summed E-state index contributed by atoms with van der Waals surface area (Å²) in [5.74, 6) is 1.28. The van der Waals surface area contributed by atoms with Crippen molar-refractivity contribution in [3.63, 3.8) is 0 Å². The molecule has 2 rings (SSSR count). The zero-order valence-corrected chi connectivity index (χ0v) is 15.1. The molecule has 0 aliphatic carbocycles. The molecule has 7 heteroatoms. The number of primary amides is 1. The van der Waals surface area contributed by atoms with Crippen LogP contribution in [0.1, 0.15) is 55.1 Å². The standard InChI is InChI=1S/C18H27N5O2/c1-13-16(10-19)11-21-17(22-13)15(12-25-18(20)24)5-3-4-14-6-8-23(2)9-7-14/h11,14-15H,3-9,12H2,1-2H3,(H2,20,24). The first-order chi connectivity index (χ1) is 12.0. The first-order valence-corrected chi connectivity index (χ1v) is 8.84. The minimum atomic E-state index is -0.786. The highest BCUT2D eigenvalue weighted by Crippen LogP contribution is 2.26. The van der Waals surface area contributed by atoms with Crippen molar-refractivity contribution in [2.45, 2.75) is 44.9 Å². The lowest BCUT2D eigenvalue weighted by molar-refractivity contribution is 0.144. The van der Waals surface area contributed by atoms with Crippen molar-refractivity contribution < 1.29 is 9.53 Å². The number of piperidine rings is 1. The second-order valence-electron chi connectivity index (χ2n) is 6.84. The normalized spacial score (nSPS) is 17.0. The number of carbonyl (C=O) groups is 1. The number of likely N-dealkylation sites (tertiary alicyclic amines) is 1. The molecule has 1 amide bonds. The second-order valence-corrected chi connectivity index (χ2v) is 6.84. The zero-order chi connectivity index (χ0) is 18.2. The molecule has 25 heavy (non-hydrogen) atoms. The van der Waals surface area contributed by atoms with Gasteiger partial charge in [-0.05, 0) is 52.2 Å². The predicted octanol–water partition coefficient (Wildman–Crippen LogP) is 2.35. The van der Waals surface area contributed by atoms with Crippen LogP contribution in [0, 0.1) is 24.2 Å². The lowest BCUT2D eigenvalue weighted by Gasteiger charge is -2.29. The molecule has 1 aromatic rings. The highest BCUT2D eigenvalue weighted by Gasteiger charge is 2.20. The molecular formula is C18H27N5O2. The number of amides is 1. The van der Waals surface area contributed by atoms with Gasteiger partial charge in [0.25, 0.3) is 0 Å². The Morgan fingerprint density at radius 2 is 2.24 bits per heavy atom. The summed E-state index contributed by atoms with van der Waals surface area (Å²) >= 11 is 0. The minimum Gasteiger partial charge on any atom is -0.449 e. The maximum absolute atomic E-state index is 11.0. The van der Waals surface area contributed by atoms with Crippen LogP contribution < -0.4 is 5.73 Å². The molecule has 7 nitrogen and oxygen atoms in total. The minimum absolute atomic E-state index is 0.0924. The molecule has 1 aliphatic heterocycles. The summed E-state index contributed by atoms with van der Waals surface area (Å²) in [5.41, 5.74) is 6.21. The molecule has 2 N–H and O–H groups in total. The molecule has 0 radical (unpaired) electrons. The Morgan fingerprint density at radius 1 is 1.52 bits per heavy atom. The summed E-state index contributed by atoms with van der Waals surface area (Å²) in [6, 6.07) is 2.07. The monoisotopic (exact) mass is 345 g/mol. The number of rotatable bonds is 7. The Bertz CT molecular complexity index is 620. The van der Waals surface area contributed by atoms with E-state index in [1.807, 2.05) is 0 Å². The van der Waals surface area contributed by atoms with Crippen LogP contribution in [0.25, 0.3) is 0 Å². The van der Waals surface area contributed by atoms with Gasteiger partial charge >= 0.3 is 6.09 Å². The number of ether oxygens (including phenoxy) is 1. The maximum Gasteiger partial charge on any atom is 0.404 e. The third-order valence-electron chi connectivity index (χ3n) is 4.91. The number of hydrogen-bond acceptors (Lipinski definition) is 6. The van der Waals surface area contributed by atoms with Crippen molar-refractivity contribution in [3.05, 3.63) is 23.3 Å². The summed E-state index contributed by atoms with van der Waals surface area (Å²) in [4.78, 5) is 22.1. The lowest BCUT2D eigenvalue weighted by Crippen LogP contribution is -2.30. The lowest BCUT2D eigenvalue weighted by atomic mass is 9.90. The average Bonchev–Trinajstić information content (AvgIpc) is 2.59. The third-order valence-corrected chi connectivity index (χ3v) is 4.91. The fraction of sp³-hybridized carbons (Fsp3) is 0.667. The van der Waals surface area contributed by atoms with Gasteiger partial charge in [0.05, 0.1) is 17.2 Å². The van der Waals surface area contributed by atoms with E-state index >= 15 is 0 Å². The summed E-state index contributed by atoms with van der Waals surface area (Å²) in [6.07, 6.45) is 6.26. The number of nitrogens with zero attached hydrogens (tertiary/aromatic N) is 4. The molecule has 1 aliphatic rings. The van der Waals surface area contributed by atoms with Crippen LogP contribution in [0.2, 0.25) is 0 Å². The van der Waals surface area contributed by atoms with Crippen LogP contribution in [0.15, 0.2) is 6.20 Å². The summed E-state index contributed by atoms with van der Waals surface area (Å²) < 4.78 is 5.00. The number of carbonyl (C=O) groups excluding carboxylic acids is 1. The van der Waals surface area contributed by atoms with E-state index in [4.69, 9.17) is 15.7 Å². The quantitative estimate of drug-likeness (QED) is 0.813. The van der Waals surface area contributed by atoms with E-state index in [1.54, 1.807) is 6.92 Å². The molecule has 1 atom stereocenters. The van der Waals surface area contributed by atoms with Crippen molar-refractivity contribution in [2.24, 2.45) is 11.7 Å². The van der Waals surface area contributed by atoms with Gasteiger partial charge in [0.15, 0.2) is 0 Å². The van der Waals surface area contributed by atoms with Gasteiger partial charge < -0.3 is 15.4 Å². The van der Waals surface area contributed by atoms with Gasteiger partial charge in [0.1, 0.15) is 18.5 Å². The van der Waals surface area contributed by atoms with Gasteiger partial charge in [0, 0.05) is 6.20 Å². The summed E-state index contributed by atoms with van der Waals surface area (Å²) in [5, 5.41) is 9.01. The molecule has 0 saturated carbocycles. The van der Waals surface area contributed by atoms with Gasteiger partial charge in [-0.15, -0.1) is 0 Å². The van der Waals surface area contributed by atoms with Gasteiger partial charge in [0.2, 0.25) is 0 Å². The van der Waals surface area contributed by atoms with E-state index < -0.39 is 6.09 Å². The largest absolute Gasteiger partial charge is 0.449 e. The summed E-state index contributed by atoms with van der Waals surface area (Å²) in [6.45, 7) is 4.29. The Balaban J connectivity index is 1.94. The molecule has 136 valence electrons. The first-order valence-electron chi connectivity index (χ1n) is 8.84. The second kappa shape index (κ2) is 9.33. The van der Waals surface area contributed by atoms with Crippen molar-refractivity contribution in [1.29, 1.82) is 5.26 Å². The Labute approximate surface area is 149 Å². The highest BCUT2D eigenvalue weighted by atomic mass is 16.5. The fourth-order valence-corrected chi connectivity index (χ4v) is 3.26. The third kappa shape index (κ3) is 5.98. The van der Waals surface area contributed by atoms with E-state index in [1.165, 1.54) is 19.0 Å². The topological polar surface area (TPSA) is 105 Å². The van der Waals surface area contributed by atoms with Crippen LogP contribution in [0.4, 0.5) is 4.79 Å². The van der Waals surface area contributed by atoms with Gasteiger partial charge in [-0.3, -0.25) is 0 Å². The van der Waals surface area contributed by atoms with Gasteiger partial charge in [-0.25, -0.2) is 14.8 Å². The Morgan fingerprint density at radius 3 is 2.84 bits per heavy atom. The van der Waals surface area contributed by atoms with Crippen molar-refractivity contribution >= 4 is 6.09 Å². The molecule has 1 fully saturated rings. The molecule has 1 unspecified atom stereocenters. The van der Waals surface area contributed by atoms with E-state index in [0.717, 1.165) is 38.3 Å². The number of nitriles is 1. The number of nitrogens with two attached hydrogens (primary N) is 1. The maximum atomic E-state index is 11.0. The van der Waals surface area contributed by atoms with Crippen LogP contribution >= 0.6 is 0 Å². The molecular weight excluding hydrogens is 318 g/mol.